The van der Waals surface area contributed by atoms with Crippen LogP contribution in [0.15, 0.2) is 36.4 Å². The Labute approximate surface area is 247 Å². The summed E-state index contributed by atoms with van der Waals surface area (Å²) in [4.78, 5) is 27.8. The molecule has 2 aromatic rings. The molecule has 1 saturated heterocycles. The van der Waals surface area contributed by atoms with E-state index >= 15 is 0 Å². The third-order valence-corrected chi connectivity index (χ3v) is 8.34. The van der Waals surface area contributed by atoms with E-state index < -0.39 is 64.2 Å². The van der Waals surface area contributed by atoms with Gasteiger partial charge in [0.25, 0.3) is 0 Å². The predicted octanol–water partition coefficient (Wildman–Crippen LogP) is 3.57. The highest BCUT2D eigenvalue weighted by Gasteiger charge is 2.65. The van der Waals surface area contributed by atoms with Gasteiger partial charge in [0.2, 0.25) is 11.8 Å². The minimum Gasteiger partial charge on any atom is -0.391 e. The second kappa shape index (κ2) is 11.8. The van der Waals surface area contributed by atoms with E-state index in [1.165, 1.54) is 12.1 Å². The largest absolute Gasteiger partial charge is 0.397 e. The number of aliphatic hydroxyl groups excluding tert-OH is 1. The van der Waals surface area contributed by atoms with Crippen LogP contribution in [-0.4, -0.2) is 61.2 Å². The molecule has 1 spiro atoms. The van der Waals surface area contributed by atoms with Crippen LogP contribution in [0.3, 0.4) is 0 Å². The van der Waals surface area contributed by atoms with Crippen molar-refractivity contribution in [1.82, 2.24) is 10.6 Å². The molecular weight excluding hydrogens is 600 g/mol. The Balaban J connectivity index is 1.75. The number of carbonyl (C=O) groups excluding carboxylic acids is 2. The fourth-order valence-corrected chi connectivity index (χ4v) is 6.55. The molecule has 0 aliphatic carbocycles. The summed E-state index contributed by atoms with van der Waals surface area (Å²) in [5.41, 5.74) is -0.397. The Bertz CT molecular complexity index is 1450. The molecular formula is C27H32Cl2FN3O7S. The maximum absolute atomic E-state index is 15.0. The first-order valence-corrected chi connectivity index (χ1v) is 15.0. The van der Waals surface area contributed by atoms with Gasteiger partial charge >= 0.3 is 10.4 Å². The molecule has 14 heteroatoms. The molecule has 0 aromatic heterocycles. The van der Waals surface area contributed by atoms with E-state index in [1.54, 1.807) is 24.3 Å². The number of hydrogen-bond donors (Lipinski definition) is 5. The number of anilines is 1. The Morgan fingerprint density at radius 2 is 1.95 bits per heavy atom. The van der Waals surface area contributed by atoms with Gasteiger partial charge in [0.05, 0.1) is 23.8 Å². The quantitative estimate of drug-likeness (QED) is 0.263. The van der Waals surface area contributed by atoms with Gasteiger partial charge in [-0.05, 0) is 53.6 Å². The fraction of sp³-hybridized carbons (Fsp3) is 0.481. The number of nitrogens with one attached hydrogen (secondary N) is 3. The highest BCUT2D eigenvalue weighted by atomic mass is 35.5. The van der Waals surface area contributed by atoms with Gasteiger partial charge in [-0.1, -0.05) is 56.1 Å². The molecule has 2 heterocycles. The molecule has 5 atom stereocenters. The average molecular weight is 633 g/mol. The Hall–Kier alpha value is -2.32. The van der Waals surface area contributed by atoms with E-state index in [-0.39, 0.29) is 23.4 Å². The molecule has 2 aliphatic heterocycles. The zero-order valence-electron chi connectivity index (χ0n) is 22.6. The van der Waals surface area contributed by atoms with Crippen molar-refractivity contribution in [3.8, 4) is 0 Å². The van der Waals surface area contributed by atoms with E-state index in [9.17, 15) is 27.5 Å². The van der Waals surface area contributed by atoms with Crippen molar-refractivity contribution in [2.75, 3.05) is 18.5 Å². The Morgan fingerprint density at radius 3 is 2.59 bits per heavy atom. The van der Waals surface area contributed by atoms with Crippen LogP contribution >= 0.6 is 23.2 Å². The number of hydrogen-bond acceptors (Lipinski definition) is 7. The van der Waals surface area contributed by atoms with Gasteiger partial charge in [-0.15, -0.1) is 0 Å². The normalized spacial score (nSPS) is 24.8. The van der Waals surface area contributed by atoms with Crippen LogP contribution in [0, 0.1) is 11.2 Å². The van der Waals surface area contributed by atoms with Gasteiger partial charge in [0.15, 0.2) is 0 Å². The van der Waals surface area contributed by atoms with Gasteiger partial charge in [0, 0.05) is 29.2 Å². The number of aliphatic hydroxyl groups is 1. The monoisotopic (exact) mass is 631 g/mol. The first-order valence-electron chi connectivity index (χ1n) is 12.9. The summed E-state index contributed by atoms with van der Waals surface area (Å²) in [6.45, 7) is 5.23. The zero-order valence-corrected chi connectivity index (χ0v) is 24.9. The van der Waals surface area contributed by atoms with Gasteiger partial charge in [-0.3, -0.25) is 14.1 Å². The van der Waals surface area contributed by atoms with Crippen LogP contribution in [-0.2, 0) is 29.6 Å². The molecule has 41 heavy (non-hydrogen) atoms. The SMILES string of the molecule is CC(C)(C)CC1NC(C(=O)NCCC(O)COS(=O)(=O)O)C(c2cccc(Cl)c2)C12C(=O)Nc1cc(Cl)c(F)cc12. The van der Waals surface area contributed by atoms with Crippen molar-refractivity contribution < 1.29 is 36.2 Å². The topological polar surface area (TPSA) is 154 Å². The smallest absolute Gasteiger partial charge is 0.391 e. The van der Waals surface area contributed by atoms with Crippen molar-refractivity contribution in [3.05, 3.63) is 63.4 Å². The number of benzene rings is 2. The second-order valence-electron chi connectivity index (χ2n) is 11.6. The van der Waals surface area contributed by atoms with E-state index in [0.717, 1.165) is 0 Å². The van der Waals surface area contributed by atoms with Crippen LogP contribution in [0.2, 0.25) is 10.0 Å². The Kier molecular flexibility index (Phi) is 9.06. The van der Waals surface area contributed by atoms with Crippen LogP contribution in [0.1, 0.15) is 50.7 Å². The zero-order chi connectivity index (χ0) is 30.3. The van der Waals surface area contributed by atoms with E-state index in [0.29, 0.717) is 28.3 Å². The van der Waals surface area contributed by atoms with Crippen molar-refractivity contribution in [3.63, 3.8) is 0 Å². The minimum atomic E-state index is -4.73. The molecule has 2 aromatic carbocycles. The maximum Gasteiger partial charge on any atom is 0.397 e. The molecule has 5 N–H and O–H groups in total. The first kappa shape index (κ1) is 31.6. The summed E-state index contributed by atoms with van der Waals surface area (Å²) in [6, 6.07) is 7.82. The molecule has 224 valence electrons. The summed E-state index contributed by atoms with van der Waals surface area (Å²) in [5.74, 6) is -2.43. The van der Waals surface area contributed by atoms with Crippen molar-refractivity contribution in [2.45, 2.75) is 63.1 Å². The minimum absolute atomic E-state index is 0.0702. The standard InChI is InChI=1S/C27H32Cl2FN3O7S/c1-26(2,3)12-21-27(17-10-19(30)18(29)11-20(17)32-25(27)36)22(14-5-4-6-15(28)9-14)23(33-21)24(35)31-8-7-16(34)13-40-41(37,38)39/h4-6,9-11,16,21-23,33-34H,7-8,12-13H2,1-3H3,(H,31,35)(H,32,36)(H,37,38,39). The summed E-state index contributed by atoms with van der Waals surface area (Å²) in [7, 11) is -4.73. The second-order valence-corrected chi connectivity index (χ2v) is 13.5. The van der Waals surface area contributed by atoms with Gasteiger partial charge in [-0.25, -0.2) is 8.57 Å². The maximum atomic E-state index is 15.0. The lowest BCUT2D eigenvalue weighted by molar-refractivity contribution is -0.124. The first-order chi connectivity index (χ1) is 19.0. The van der Waals surface area contributed by atoms with Crippen LogP contribution in [0.5, 0.6) is 0 Å². The molecule has 2 amide bonds. The average Bonchev–Trinajstić information content (AvgIpc) is 3.32. The third-order valence-electron chi connectivity index (χ3n) is 7.38. The molecule has 0 saturated carbocycles. The lowest BCUT2D eigenvalue weighted by atomic mass is 9.62. The molecule has 2 aliphatic rings. The van der Waals surface area contributed by atoms with Crippen molar-refractivity contribution in [1.29, 1.82) is 0 Å². The van der Waals surface area contributed by atoms with E-state index in [2.05, 4.69) is 20.1 Å². The Morgan fingerprint density at radius 1 is 1.24 bits per heavy atom. The molecule has 1 fully saturated rings. The van der Waals surface area contributed by atoms with Crippen LogP contribution < -0.4 is 16.0 Å². The number of carbonyl (C=O) groups is 2. The van der Waals surface area contributed by atoms with Gasteiger partial charge in [0.1, 0.15) is 11.2 Å². The van der Waals surface area contributed by atoms with Gasteiger partial charge in [-0.2, -0.15) is 8.42 Å². The van der Waals surface area contributed by atoms with E-state index in [1.807, 2.05) is 20.8 Å². The van der Waals surface area contributed by atoms with Crippen LogP contribution in [0.4, 0.5) is 10.1 Å². The number of fused-ring (bicyclic) bond motifs is 2. The van der Waals surface area contributed by atoms with Crippen molar-refractivity contribution >= 4 is 51.1 Å². The predicted molar refractivity (Wildman–Crippen MR) is 152 cm³/mol. The third kappa shape index (κ3) is 6.69. The van der Waals surface area contributed by atoms with Crippen molar-refractivity contribution in [2.24, 2.45) is 5.41 Å². The highest BCUT2D eigenvalue weighted by molar-refractivity contribution is 7.80. The summed E-state index contributed by atoms with van der Waals surface area (Å²) >= 11 is 12.4. The van der Waals surface area contributed by atoms with Gasteiger partial charge < -0.3 is 21.1 Å². The van der Waals surface area contributed by atoms with Crippen LogP contribution in [0.25, 0.3) is 0 Å². The molecule has 0 radical (unpaired) electrons. The summed E-state index contributed by atoms with van der Waals surface area (Å²) in [6.07, 6.45) is -0.937. The highest BCUT2D eigenvalue weighted by Crippen LogP contribution is 2.57. The molecule has 10 nitrogen and oxygen atoms in total. The summed E-state index contributed by atoms with van der Waals surface area (Å²) in [5, 5.41) is 19.2. The lowest BCUT2D eigenvalue weighted by Crippen LogP contribution is -2.49. The fourth-order valence-electron chi connectivity index (χ4n) is 5.85. The lowest BCUT2D eigenvalue weighted by Gasteiger charge is -2.37. The number of halogens is 3. The molecule has 5 unspecified atom stereocenters. The number of rotatable bonds is 9. The molecule has 4 rings (SSSR count). The molecule has 0 bridgehead atoms. The number of amides is 2. The van der Waals surface area contributed by atoms with E-state index in [4.69, 9.17) is 27.8 Å². The summed E-state index contributed by atoms with van der Waals surface area (Å²) < 4.78 is 49.4.